The molecule has 2 heterocycles. The van der Waals surface area contributed by atoms with Gasteiger partial charge in [0, 0.05) is 42.9 Å². The lowest BCUT2D eigenvalue weighted by Crippen LogP contribution is -2.48. The van der Waals surface area contributed by atoms with Gasteiger partial charge in [0.1, 0.15) is 12.1 Å². The van der Waals surface area contributed by atoms with E-state index in [2.05, 4.69) is 43.9 Å². The highest BCUT2D eigenvalue weighted by Gasteiger charge is 2.18. The number of aromatic nitrogens is 2. The number of fused-ring (bicyclic) bond motifs is 1. The number of piperazine rings is 1. The molecule has 4 rings (SSSR count). The summed E-state index contributed by atoms with van der Waals surface area (Å²) in [6.07, 6.45) is 1.54. The third-order valence-corrected chi connectivity index (χ3v) is 5.82. The second-order valence-corrected chi connectivity index (χ2v) is 8.20. The summed E-state index contributed by atoms with van der Waals surface area (Å²) < 4.78 is 0. The highest BCUT2D eigenvalue weighted by atomic mass is 16.2. The molecule has 32 heavy (non-hydrogen) atoms. The molecule has 7 nitrogen and oxygen atoms in total. The first-order valence-corrected chi connectivity index (χ1v) is 11.0. The van der Waals surface area contributed by atoms with Gasteiger partial charge in [0.15, 0.2) is 0 Å². The van der Waals surface area contributed by atoms with Crippen molar-refractivity contribution >= 4 is 39.6 Å². The topological polar surface area (TPSA) is 73.4 Å². The van der Waals surface area contributed by atoms with Gasteiger partial charge in [-0.2, -0.15) is 0 Å². The van der Waals surface area contributed by atoms with E-state index >= 15 is 0 Å². The van der Waals surface area contributed by atoms with Crippen molar-refractivity contribution in [3.05, 3.63) is 60.9 Å². The van der Waals surface area contributed by atoms with Crippen molar-refractivity contribution in [2.24, 2.45) is 0 Å². The molecule has 0 aliphatic carbocycles. The highest BCUT2D eigenvalue weighted by molar-refractivity contribution is 5.98. The first kappa shape index (κ1) is 21.9. The van der Waals surface area contributed by atoms with Crippen LogP contribution in [0.4, 0.5) is 17.2 Å². The monoisotopic (exact) mass is 430 g/mol. The Morgan fingerprint density at radius 1 is 1.03 bits per heavy atom. The molecular weight excluding hydrogens is 400 g/mol. The molecule has 3 aromatic rings. The number of rotatable bonds is 7. The van der Waals surface area contributed by atoms with Crippen LogP contribution in [0.15, 0.2) is 55.4 Å². The van der Waals surface area contributed by atoms with Gasteiger partial charge in [-0.1, -0.05) is 31.2 Å². The number of nitrogens with zero attached hydrogens (tertiary/aromatic N) is 4. The summed E-state index contributed by atoms with van der Waals surface area (Å²) in [4.78, 5) is 26.0. The zero-order valence-electron chi connectivity index (χ0n) is 18.8. The summed E-state index contributed by atoms with van der Waals surface area (Å²) in [6.45, 7) is 13.5. The zero-order valence-corrected chi connectivity index (χ0v) is 18.8. The Bertz CT molecular complexity index is 1120. The van der Waals surface area contributed by atoms with Crippen molar-refractivity contribution in [1.82, 2.24) is 19.8 Å². The number of hydrogen-bond donors (Lipinski definition) is 2. The fraction of sp³-hybridized carbons (Fsp3) is 0.320. The van der Waals surface area contributed by atoms with E-state index in [0.717, 1.165) is 66.1 Å². The van der Waals surface area contributed by atoms with Crippen LogP contribution < -0.4 is 10.6 Å². The smallest absolute Gasteiger partial charge is 0.238 e. The van der Waals surface area contributed by atoms with E-state index in [1.54, 1.807) is 6.33 Å². The Kier molecular flexibility index (Phi) is 6.78. The zero-order chi connectivity index (χ0) is 22.5. The van der Waals surface area contributed by atoms with Gasteiger partial charge in [-0.05, 0) is 49.4 Å². The first-order valence-electron chi connectivity index (χ1n) is 11.0. The van der Waals surface area contributed by atoms with Crippen LogP contribution in [-0.4, -0.2) is 64.9 Å². The van der Waals surface area contributed by atoms with Crippen LogP contribution in [0, 0.1) is 0 Å². The molecule has 1 aliphatic heterocycles. The van der Waals surface area contributed by atoms with E-state index < -0.39 is 0 Å². The van der Waals surface area contributed by atoms with Crippen molar-refractivity contribution in [2.75, 3.05) is 49.9 Å². The van der Waals surface area contributed by atoms with E-state index in [4.69, 9.17) is 0 Å². The Morgan fingerprint density at radius 3 is 2.56 bits per heavy atom. The molecule has 2 aromatic carbocycles. The van der Waals surface area contributed by atoms with Gasteiger partial charge in [0.05, 0.1) is 12.1 Å². The molecule has 0 radical (unpaired) electrons. The molecule has 0 bridgehead atoms. The van der Waals surface area contributed by atoms with Gasteiger partial charge < -0.3 is 15.5 Å². The average Bonchev–Trinajstić information content (AvgIpc) is 2.80. The Hall–Kier alpha value is -3.29. The molecule has 166 valence electrons. The SMILES string of the molecule is C=C(C)c1cccc(Nc2ncnc3ccc(NC(=O)CN4CCN(CC)CC4)cc23)c1. The van der Waals surface area contributed by atoms with Crippen LogP contribution in [0.25, 0.3) is 16.5 Å². The van der Waals surface area contributed by atoms with E-state index in [9.17, 15) is 4.79 Å². The maximum Gasteiger partial charge on any atom is 0.238 e. The molecule has 1 amide bonds. The second kappa shape index (κ2) is 9.89. The summed E-state index contributed by atoms with van der Waals surface area (Å²) in [5.74, 6) is 0.690. The summed E-state index contributed by atoms with van der Waals surface area (Å²) >= 11 is 0. The number of hydrogen-bond acceptors (Lipinski definition) is 6. The third kappa shape index (κ3) is 5.30. The number of carbonyl (C=O) groups excluding carboxylic acids is 1. The van der Waals surface area contributed by atoms with Crippen LogP contribution >= 0.6 is 0 Å². The van der Waals surface area contributed by atoms with E-state index in [0.29, 0.717) is 12.4 Å². The number of benzene rings is 2. The van der Waals surface area contributed by atoms with Gasteiger partial charge in [-0.15, -0.1) is 0 Å². The maximum absolute atomic E-state index is 12.6. The van der Waals surface area contributed by atoms with Gasteiger partial charge >= 0.3 is 0 Å². The maximum atomic E-state index is 12.6. The molecule has 1 aromatic heterocycles. The lowest BCUT2D eigenvalue weighted by Gasteiger charge is -2.33. The minimum Gasteiger partial charge on any atom is -0.340 e. The Labute approximate surface area is 189 Å². The molecule has 0 spiro atoms. The summed E-state index contributed by atoms with van der Waals surface area (Å²) in [6, 6.07) is 13.8. The molecular formula is C25H30N6O. The van der Waals surface area contributed by atoms with E-state index in [1.165, 1.54) is 0 Å². The van der Waals surface area contributed by atoms with Crippen molar-refractivity contribution < 1.29 is 4.79 Å². The quantitative estimate of drug-likeness (QED) is 0.591. The first-order chi connectivity index (χ1) is 15.5. The number of allylic oxidation sites excluding steroid dienone is 1. The molecule has 0 saturated carbocycles. The van der Waals surface area contributed by atoms with Crippen molar-refractivity contribution in [1.29, 1.82) is 0 Å². The number of carbonyl (C=O) groups is 1. The molecule has 0 atom stereocenters. The molecule has 2 N–H and O–H groups in total. The van der Waals surface area contributed by atoms with E-state index in [1.807, 2.05) is 49.4 Å². The number of nitrogens with one attached hydrogen (secondary N) is 2. The number of amides is 1. The standard InChI is InChI=1S/C25H30N6O/c1-4-30-10-12-31(13-11-30)16-24(32)28-21-8-9-23-22(15-21)25(27-17-26-23)29-20-7-5-6-19(14-20)18(2)3/h5-9,14-15,17H,2,4,10-13,16H2,1,3H3,(H,28,32)(H,26,27,29). The van der Waals surface area contributed by atoms with Crippen LogP contribution in [0.3, 0.4) is 0 Å². The van der Waals surface area contributed by atoms with Crippen LogP contribution in [0.5, 0.6) is 0 Å². The van der Waals surface area contributed by atoms with Gasteiger partial charge in [-0.25, -0.2) is 9.97 Å². The predicted octanol–water partition coefficient (Wildman–Crippen LogP) is 3.98. The molecule has 1 fully saturated rings. The summed E-state index contributed by atoms with van der Waals surface area (Å²) in [5.41, 5.74) is 4.55. The largest absolute Gasteiger partial charge is 0.340 e. The number of likely N-dealkylation sites (N-methyl/N-ethyl adjacent to an activating group) is 1. The fourth-order valence-corrected chi connectivity index (χ4v) is 3.90. The number of anilines is 3. The van der Waals surface area contributed by atoms with Crippen molar-refractivity contribution in [3.63, 3.8) is 0 Å². The summed E-state index contributed by atoms with van der Waals surface area (Å²) in [5, 5.41) is 7.26. The third-order valence-electron chi connectivity index (χ3n) is 5.82. The van der Waals surface area contributed by atoms with Crippen LogP contribution in [0.1, 0.15) is 19.4 Å². The average molecular weight is 431 g/mol. The fourth-order valence-electron chi connectivity index (χ4n) is 3.90. The van der Waals surface area contributed by atoms with Crippen LogP contribution in [-0.2, 0) is 4.79 Å². The van der Waals surface area contributed by atoms with Crippen molar-refractivity contribution in [2.45, 2.75) is 13.8 Å². The highest BCUT2D eigenvalue weighted by Crippen LogP contribution is 2.27. The second-order valence-electron chi connectivity index (χ2n) is 8.20. The van der Waals surface area contributed by atoms with Crippen LogP contribution in [0.2, 0.25) is 0 Å². The van der Waals surface area contributed by atoms with Gasteiger partial charge in [0.2, 0.25) is 5.91 Å². The minimum atomic E-state index is -0.00480. The minimum absolute atomic E-state index is 0.00480. The summed E-state index contributed by atoms with van der Waals surface area (Å²) in [7, 11) is 0. The van der Waals surface area contributed by atoms with Crippen molar-refractivity contribution in [3.8, 4) is 0 Å². The predicted molar refractivity (Wildman–Crippen MR) is 131 cm³/mol. The Balaban J connectivity index is 1.48. The molecule has 7 heteroatoms. The lowest BCUT2D eigenvalue weighted by molar-refractivity contribution is -0.117. The van der Waals surface area contributed by atoms with Gasteiger partial charge in [-0.3, -0.25) is 9.69 Å². The molecule has 1 aliphatic rings. The van der Waals surface area contributed by atoms with Gasteiger partial charge in [0.25, 0.3) is 0 Å². The van der Waals surface area contributed by atoms with E-state index in [-0.39, 0.29) is 5.91 Å². The molecule has 1 saturated heterocycles. The lowest BCUT2D eigenvalue weighted by atomic mass is 10.1. The normalized spacial score (nSPS) is 14.9. The Morgan fingerprint density at radius 2 is 1.81 bits per heavy atom. The molecule has 0 unspecified atom stereocenters.